The largest absolute Gasteiger partial charge is 0.492 e. The molecule has 1 amide bonds. The van der Waals surface area contributed by atoms with Gasteiger partial charge in [-0.2, -0.15) is 0 Å². The fourth-order valence-electron chi connectivity index (χ4n) is 4.21. The molecule has 8 nitrogen and oxygen atoms in total. The number of sulfonamides is 1. The van der Waals surface area contributed by atoms with Gasteiger partial charge in [-0.3, -0.25) is 0 Å². The van der Waals surface area contributed by atoms with Crippen molar-refractivity contribution in [2.75, 3.05) is 25.4 Å². The third kappa shape index (κ3) is 7.43. The number of hydrogen-bond donors (Lipinski definition) is 2. The van der Waals surface area contributed by atoms with Gasteiger partial charge in [0.05, 0.1) is 11.8 Å². The van der Waals surface area contributed by atoms with Crippen molar-refractivity contribution < 1.29 is 22.7 Å². The Morgan fingerprint density at radius 2 is 1.91 bits per heavy atom. The molecule has 0 saturated carbocycles. The molecule has 9 heteroatoms. The molecule has 192 valence electrons. The van der Waals surface area contributed by atoms with Crippen molar-refractivity contribution >= 4 is 16.1 Å². The minimum Gasteiger partial charge on any atom is -0.492 e. The standard InChI is InChI=1S/C26H37N3O5S/c1-5-35(31,32)28-22-13-15-29(25(30)34-26(2,3)4)23(22)18-19-9-8-10-20(17-19)21-11-6-7-12-24(21)33-16-14-27/h6-12,17,22-23,28H,5,13-16,18,27H2,1-4H3. The molecule has 1 heterocycles. The minimum absolute atomic E-state index is 0.0161. The van der Waals surface area contributed by atoms with Crippen molar-refractivity contribution in [3.8, 4) is 16.9 Å². The molecule has 0 aliphatic carbocycles. The van der Waals surface area contributed by atoms with E-state index >= 15 is 0 Å². The monoisotopic (exact) mass is 503 g/mol. The first kappa shape index (κ1) is 27.0. The summed E-state index contributed by atoms with van der Waals surface area (Å²) in [5.74, 6) is 0.734. The van der Waals surface area contributed by atoms with E-state index in [1.165, 1.54) is 0 Å². The third-order valence-corrected chi connectivity index (χ3v) is 7.25. The van der Waals surface area contributed by atoms with Crippen LogP contribution in [0.1, 0.15) is 39.7 Å². The Morgan fingerprint density at radius 1 is 1.17 bits per heavy atom. The molecule has 3 rings (SSSR count). The average molecular weight is 504 g/mol. The van der Waals surface area contributed by atoms with E-state index in [1.807, 2.05) is 63.2 Å². The van der Waals surface area contributed by atoms with Crippen molar-refractivity contribution in [3.63, 3.8) is 0 Å². The van der Waals surface area contributed by atoms with Crippen LogP contribution in [0.15, 0.2) is 48.5 Å². The Bertz CT molecular complexity index is 1110. The van der Waals surface area contributed by atoms with Crippen LogP contribution in [0.4, 0.5) is 4.79 Å². The zero-order valence-corrected chi connectivity index (χ0v) is 21.8. The fourth-order valence-corrected chi connectivity index (χ4v) is 5.11. The van der Waals surface area contributed by atoms with E-state index in [1.54, 1.807) is 11.8 Å². The number of carbonyl (C=O) groups excluding carboxylic acids is 1. The van der Waals surface area contributed by atoms with Crippen molar-refractivity contribution in [1.29, 1.82) is 0 Å². The second kappa shape index (κ2) is 11.4. The summed E-state index contributed by atoms with van der Waals surface area (Å²) in [6.07, 6.45) is 0.575. The van der Waals surface area contributed by atoms with Gasteiger partial charge < -0.3 is 20.1 Å². The number of ether oxygens (including phenoxy) is 2. The second-order valence-electron chi connectivity index (χ2n) is 9.70. The Balaban J connectivity index is 1.90. The van der Waals surface area contributed by atoms with Gasteiger partial charge in [0.25, 0.3) is 0 Å². The van der Waals surface area contributed by atoms with Crippen LogP contribution in [0.3, 0.4) is 0 Å². The first-order valence-electron chi connectivity index (χ1n) is 12.0. The third-order valence-electron chi connectivity index (χ3n) is 5.83. The highest BCUT2D eigenvalue weighted by molar-refractivity contribution is 7.89. The molecular formula is C26H37N3O5S. The van der Waals surface area contributed by atoms with Gasteiger partial charge in [0, 0.05) is 24.7 Å². The first-order chi connectivity index (χ1) is 16.5. The number of hydrogen-bond acceptors (Lipinski definition) is 6. The number of para-hydroxylation sites is 1. The molecule has 1 aliphatic rings. The van der Waals surface area contributed by atoms with E-state index in [0.717, 1.165) is 22.4 Å². The summed E-state index contributed by atoms with van der Waals surface area (Å²) in [5.41, 5.74) is 7.87. The van der Waals surface area contributed by atoms with Gasteiger partial charge in [-0.15, -0.1) is 0 Å². The minimum atomic E-state index is -3.43. The first-order valence-corrected chi connectivity index (χ1v) is 13.7. The SMILES string of the molecule is CCS(=O)(=O)NC1CCN(C(=O)OC(C)(C)C)C1Cc1cccc(-c2ccccc2OCCN)c1. The lowest BCUT2D eigenvalue weighted by molar-refractivity contribution is 0.0218. The molecule has 0 radical (unpaired) electrons. The fraction of sp³-hybridized carbons (Fsp3) is 0.500. The van der Waals surface area contributed by atoms with Crippen LogP contribution in [0, 0.1) is 0 Å². The lowest BCUT2D eigenvalue weighted by Gasteiger charge is -2.31. The second-order valence-corrected chi connectivity index (χ2v) is 11.7. The Labute approximate surface area is 208 Å². The van der Waals surface area contributed by atoms with Crippen LogP contribution in [-0.4, -0.2) is 62.5 Å². The highest BCUT2D eigenvalue weighted by Crippen LogP contribution is 2.32. The Morgan fingerprint density at radius 3 is 2.60 bits per heavy atom. The molecule has 35 heavy (non-hydrogen) atoms. The molecule has 1 fully saturated rings. The molecule has 2 aromatic carbocycles. The number of nitrogens with zero attached hydrogens (tertiary/aromatic N) is 1. The van der Waals surface area contributed by atoms with Crippen molar-refractivity contribution in [2.24, 2.45) is 5.73 Å². The zero-order valence-electron chi connectivity index (χ0n) is 21.0. The molecule has 0 bridgehead atoms. The number of carbonyl (C=O) groups is 1. The molecule has 2 aromatic rings. The van der Waals surface area contributed by atoms with Gasteiger partial charge in [-0.1, -0.05) is 42.5 Å². The van der Waals surface area contributed by atoms with Gasteiger partial charge in [-0.05, 0) is 57.7 Å². The van der Waals surface area contributed by atoms with Crippen LogP contribution in [0.25, 0.3) is 11.1 Å². The lowest BCUT2D eigenvalue weighted by atomic mass is 9.96. The molecule has 2 atom stereocenters. The summed E-state index contributed by atoms with van der Waals surface area (Å²) in [5, 5.41) is 0. The predicted octanol–water partition coefficient (Wildman–Crippen LogP) is 3.55. The summed E-state index contributed by atoms with van der Waals surface area (Å²) in [6.45, 7) is 8.33. The number of amides is 1. The molecule has 0 spiro atoms. The van der Waals surface area contributed by atoms with Crippen LogP contribution >= 0.6 is 0 Å². The maximum absolute atomic E-state index is 13.0. The molecule has 3 N–H and O–H groups in total. The predicted molar refractivity (Wildman–Crippen MR) is 138 cm³/mol. The van der Waals surface area contributed by atoms with Crippen molar-refractivity contribution in [3.05, 3.63) is 54.1 Å². The van der Waals surface area contributed by atoms with E-state index in [-0.39, 0.29) is 11.8 Å². The van der Waals surface area contributed by atoms with Gasteiger partial charge in [0.1, 0.15) is 18.0 Å². The highest BCUT2D eigenvalue weighted by atomic mass is 32.2. The Hall–Kier alpha value is -2.62. The Kier molecular flexibility index (Phi) is 8.79. The van der Waals surface area contributed by atoms with E-state index in [2.05, 4.69) is 10.8 Å². The van der Waals surface area contributed by atoms with Crippen LogP contribution in [0.5, 0.6) is 5.75 Å². The lowest BCUT2D eigenvalue weighted by Crippen LogP contribution is -2.49. The van der Waals surface area contributed by atoms with E-state index in [9.17, 15) is 13.2 Å². The number of likely N-dealkylation sites (tertiary alicyclic amines) is 1. The molecule has 1 aliphatic heterocycles. The molecular weight excluding hydrogens is 466 g/mol. The van der Waals surface area contributed by atoms with Crippen LogP contribution < -0.4 is 15.2 Å². The normalized spacial score (nSPS) is 18.5. The maximum atomic E-state index is 13.0. The molecule has 1 saturated heterocycles. The topological polar surface area (TPSA) is 111 Å². The summed E-state index contributed by atoms with van der Waals surface area (Å²) >= 11 is 0. The number of nitrogens with one attached hydrogen (secondary N) is 1. The summed E-state index contributed by atoms with van der Waals surface area (Å²) < 4.78 is 38.9. The van der Waals surface area contributed by atoms with Gasteiger partial charge in [-0.25, -0.2) is 17.9 Å². The average Bonchev–Trinajstić information content (AvgIpc) is 3.18. The van der Waals surface area contributed by atoms with E-state index in [4.69, 9.17) is 15.2 Å². The zero-order chi connectivity index (χ0) is 25.6. The van der Waals surface area contributed by atoms with Gasteiger partial charge in [0.15, 0.2) is 0 Å². The van der Waals surface area contributed by atoms with Crippen molar-refractivity contribution in [2.45, 2.75) is 58.2 Å². The summed E-state index contributed by atoms with van der Waals surface area (Å²) in [7, 11) is -3.43. The van der Waals surface area contributed by atoms with E-state index in [0.29, 0.717) is 32.5 Å². The summed E-state index contributed by atoms with van der Waals surface area (Å²) in [4.78, 5) is 14.6. The number of nitrogens with two attached hydrogens (primary N) is 1. The maximum Gasteiger partial charge on any atom is 0.410 e. The van der Waals surface area contributed by atoms with Gasteiger partial charge in [0.2, 0.25) is 10.0 Å². The van der Waals surface area contributed by atoms with E-state index < -0.39 is 27.8 Å². The number of benzene rings is 2. The summed E-state index contributed by atoms with van der Waals surface area (Å²) in [6, 6.07) is 15.0. The molecule has 0 aromatic heterocycles. The smallest absolute Gasteiger partial charge is 0.410 e. The number of rotatable bonds is 9. The molecule has 2 unspecified atom stereocenters. The van der Waals surface area contributed by atoms with Crippen LogP contribution in [-0.2, 0) is 21.2 Å². The van der Waals surface area contributed by atoms with Crippen LogP contribution in [0.2, 0.25) is 0 Å². The highest BCUT2D eigenvalue weighted by Gasteiger charge is 2.40. The van der Waals surface area contributed by atoms with Gasteiger partial charge >= 0.3 is 6.09 Å². The van der Waals surface area contributed by atoms with Crippen molar-refractivity contribution in [1.82, 2.24) is 9.62 Å². The quantitative estimate of drug-likeness (QED) is 0.541.